The van der Waals surface area contributed by atoms with Crippen molar-refractivity contribution in [2.75, 3.05) is 5.32 Å². The third-order valence-corrected chi connectivity index (χ3v) is 5.51. The van der Waals surface area contributed by atoms with Gasteiger partial charge in [0, 0.05) is 24.3 Å². The van der Waals surface area contributed by atoms with Gasteiger partial charge in [-0.25, -0.2) is 9.67 Å². The van der Waals surface area contributed by atoms with Gasteiger partial charge in [0.15, 0.2) is 5.82 Å². The van der Waals surface area contributed by atoms with Crippen LogP contribution in [0.5, 0.6) is 0 Å². The van der Waals surface area contributed by atoms with Crippen LogP contribution in [0.3, 0.4) is 0 Å². The summed E-state index contributed by atoms with van der Waals surface area (Å²) in [6.45, 7) is 3.99. The zero-order valence-electron chi connectivity index (χ0n) is 18.7. The fourth-order valence-electron chi connectivity index (χ4n) is 3.52. The average Bonchev–Trinajstić information content (AvgIpc) is 3.56. The van der Waals surface area contributed by atoms with Gasteiger partial charge in [0.2, 0.25) is 5.91 Å². The van der Waals surface area contributed by atoms with E-state index in [0.29, 0.717) is 16.9 Å². The Morgan fingerprint density at radius 3 is 2.35 bits per heavy atom. The Hall–Kier alpha value is -3.69. The Labute approximate surface area is 194 Å². The van der Waals surface area contributed by atoms with Crippen LogP contribution in [0.15, 0.2) is 48.8 Å². The molecule has 2 N–H and O–H groups in total. The van der Waals surface area contributed by atoms with E-state index in [4.69, 9.17) is 0 Å². The Kier molecular flexibility index (Phi) is 6.41. The second kappa shape index (κ2) is 9.28. The number of aromatic nitrogens is 3. The van der Waals surface area contributed by atoms with E-state index in [1.165, 1.54) is 16.9 Å². The van der Waals surface area contributed by atoms with E-state index in [0.717, 1.165) is 30.7 Å². The minimum absolute atomic E-state index is 0.0295. The molecule has 1 aliphatic rings. The zero-order valence-corrected chi connectivity index (χ0v) is 18.7. The first kappa shape index (κ1) is 23.5. The molecule has 2 amide bonds. The van der Waals surface area contributed by atoms with Crippen molar-refractivity contribution in [2.24, 2.45) is 5.92 Å². The van der Waals surface area contributed by atoms with Crippen LogP contribution in [-0.4, -0.2) is 26.6 Å². The first-order chi connectivity index (χ1) is 16.1. The first-order valence-electron chi connectivity index (χ1n) is 10.9. The Morgan fingerprint density at radius 1 is 1.09 bits per heavy atom. The van der Waals surface area contributed by atoms with Gasteiger partial charge in [0.05, 0.1) is 23.0 Å². The number of alkyl halides is 3. The normalized spacial score (nSPS) is 13.7. The van der Waals surface area contributed by atoms with Crippen molar-refractivity contribution in [1.82, 2.24) is 20.1 Å². The highest BCUT2D eigenvalue weighted by Gasteiger charge is 2.31. The van der Waals surface area contributed by atoms with Crippen molar-refractivity contribution in [2.45, 2.75) is 45.3 Å². The molecular formula is C24H24F3N5O2. The number of carbonyl (C=O) groups excluding carboxylic acids is 2. The summed E-state index contributed by atoms with van der Waals surface area (Å²) >= 11 is 0. The minimum atomic E-state index is -4.48. The van der Waals surface area contributed by atoms with Gasteiger partial charge >= 0.3 is 6.18 Å². The lowest BCUT2D eigenvalue weighted by Gasteiger charge is -2.13. The third-order valence-electron chi connectivity index (χ3n) is 5.51. The quantitative estimate of drug-likeness (QED) is 0.523. The van der Waals surface area contributed by atoms with Gasteiger partial charge < -0.3 is 10.6 Å². The molecule has 0 atom stereocenters. The Balaban J connectivity index is 1.45. The van der Waals surface area contributed by atoms with Crippen LogP contribution < -0.4 is 10.6 Å². The second-order valence-corrected chi connectivity index (χ2v) is 8.56. The van der Waals surface area contributed by atoms with Gasteiger partial charge in [0.25, 0.3) is 5.91 Å². The van der Waals surface area contributed by atoms with Crippen LogP contribution in [0.1, 0.15) is 59.8 Å². The van der Waals surface area contributed by atoms with Crippen molar-refractivity contribution >= 4 is 17.5 Å². The van der Waals surface area contributed by atoms with Crippen molar-refractivity contribution in [3.8, 4) is 5.82 Å². The number of nitrogens with one attached hydrogen (secondary N) is 2. The number of anilines is 1. The van der Waals surface area contributed by atoms with Gasteiger partial charge in [-0.05, 0) is 48.6 Å². The molecule has 10 heteroatoms. The lowest BCUT2D eigenvalue weighted by molar-refractivity contribution is -0.137. The molecule has 0 saturated heterocycles. The number of amides is 2. The van der Waals surface area contributed by atoms with E-state index < -0.39 is 11.7 Å². The molecule has 2 heterocycles. The van der Waals surface area contributed by atoms with E-state index in [1.807, 2.05) is 26.0 Å². The summed E-state index contributed by atoms with van der Waals surface area (Å²) in [6, 6.07) is 9.38. The molecule has 0 aliphatic heterocycles. The van der Waals surface area contributed by atoms with Crippen LogP contribution in [0, 0.1) is 5.92 Å². The Bertz CT molecular complexity index is 1180. The van der Waals surface area contributed by atoms with Crippen LogP contribution in [0.4, 0.5) is 18.9 Å². The fourth-order valence-corrected chi connectivity index (χ4v) is 3.52. The molecular weight excluding hydrogens is 447 g/mol. The molecule has 4 rings (SSSR count). The lowest BCUT2D eigenvalue weighted by atomic mass is 10.1. The molecule has 1 fully saturated rings. The molecule has 0 spiro atoms. The molecule has 1 saturated carbocycles. The predicted octanol–water partition coefficient (Wildman–Crippen LogP) is 4.69. The van der Waals surface area contributed by atoms with Gasteiger partial charge in [-0.3, -0.25) is 9.59 Å². The van der Waals surface area contributed by atoms with E-state index in [1.54, 1.807) is 12.1 Å². The molecule has 7 nitrogen and oxygen atoms in total. The maximum atomic E-state index is 12.9. The SMILES string of the molecule is CC(C)c1c(C(=O)NCc2ccc(NC(=O)C3CC3)cc2)cnn1-c1ccc(C(F)(F)F)cn1. The second-order valence-electron chi connectivity index (χ2n) is 8.56. The van der Waals surface area contributed by atoms with Crippen LogP contribution >= 0.6 is 0 Å². The largest absolute Gasteiger partial charge is 0.417 e. The number of halogens is 3. The summed E-state index contributed by atoms with van der Waals surface area (Å²) in [5, 5.41) is 9.92. The summed E-state index contributed by atoms with van der Waals surface area (Å²) in [7, 11) is 0. The molecule has 178 valence electrons. The molecule has 0 unspecified atom stereocenters. The summed E-state index contributed by atoms with van der Waals surface area (Å²) in [6.07, 6.45) is -0.486. The number of benzene rings is 1. The minimum Gasteiger partial charge on any atom is -0.348 e. The van der Waals surface area contributed by atoms with Gasteiger partial charge in [-0.15, -0.1) is 0 Å². The fraction of sp³-hybridized carbons (Fsp3) is 0.333. The number of hydrogen-bond donors (Lipinski definition) is 2. The highest BCUT2D eigenvalue weighted by Crippen LogP contribution is 2.31. The average molecular weight is 471 g/mol. The van der Waals surface area contributed by atoms with Crippen molar-refractivity contribution in [3.63, 3.8) is 0 Å². The van der Waals surface area contributed by atoms with Gasteiger partial charge in [-0.2, -0.15) is 18.3 Å². The molecule has 3 aromatic rings. The van der Waals surface area contributed by atoms with Crippen LogP contribution in [-0.2, 0) is 17.5 Å². The van der Waals surface area contributed by atoms with Gasteiger partial charge in [0.1, 0.15) is 0 Å². The summed E-state index contributed by atoms with van der Waals surface area (Å²) in [4.78, 5) is 28.6. The lowest BCUT2D eigenvalue weighted by Crippen LogP contribution is -2.24. The van der Waals surface area contributed by atoms with Crippen molar-refractivity contribution < 1.29 is 22.8 Å². The number of rotatable bonds is 7. The summed E-state index contributed by atoms with van der Waals surface area (Å²) < 4.78 is 39.9. The topological polar surface area (TPSA) is 88.9 Å². The van der Waals surface area contributed by atoms with Crippen LogP contribution in [0.25, 0.3) is 5.82 Å². The summed E-state index contributed by atoms with van der Waals surface area (Å²) in [5.74, 6) is -0.149. The monoisotopic (exact) mass is 471 g/mol. The van der Waals surface area contributed by atoms with Crippen molar-refractivity contribution in [1.29, 1.82) is 0 Å². The summed E-state index contributed by atoms with van der Waals surface area (Å²) in [5.41, 5.74) is 1.57. The van der Waals surface area contributed by atoms with E-state index in [-0.39, 0.29) is 36.0 Å². The third kappa shape index (κ3) is 5.27. The molecule has 34 heavy (non-hydrogen) atoms. The van der Waals surface area contributed by atoms with E-state index >= 15 is 0 Å². The smallest absolute Gasteiger partial charge is 0.348 e. The maximum Gasteiger partial charge on any atom is 0.417 e. The molecule has 1 aliphatic carbocycles. The number of pyridine rings is 1. The molecule has 0 bridgehead atoms. The Morgan fingerprint density at radius 2 is 1.79 bits per heavy atom. The standard InChI is InChI=1S/C24H24F3N5O2/c1-14(2)21-19(13-30-32(21)20-10-7-17(12-28-20)24(25,26)27)23(34)29-11-15-3-8-18(9-4-15)31-22(33)16-5-6-16/h3-4,7-10,12-14,16H,5-6,11H2,1-2H3,(H,29,34)(H,31,33). The van der Waals surface area contributed by atoms with Gasteiger partial charge in [-0.1, -0.05) is 26.0 Å². The predicted molar refractivity (Wildman–Crippen MR) is 119 cm³/mol. The van der Waals surface area contributed by atoms with Crippen LogP contribution in [0.2, 0.25) is 0 Å². The maximum absolute atomic E-state index is 12.9. The molecule has 2 aromatic heterocycles. The van der Waals surface area contributed by atoms with E-state index in [2.05, 4.69) is 20.7 Å². The number of hydrogen-bond acceptors (Lipinski definition) is 4. The number of nitrogens with zero attached hydrogens (tertiary/aromatic N) is 3. The molecule has 0 radical (unpaired) electrons. The molecule has 1 aromatic carbocycles. The van der Waals surface area contributed by atoms with E-state index in [9.17, 15) is 22.8 Å². The highest BCUT2D eigenvalue weighted by atomic mass is 19.4. The van der Waals surface area contributed by atoms with Crippen molar-refractivity contribution in [3.05, 3.63) is 71.2 Å². The highest BCUT2D eigenvalue weighted by molar-refractivity contribution is 5.95. The number of carbonyl (C=O) groups is 2. The zero-order chi connectivity index (χ0) is 24.5. The first-order valence-corrected chi connectivity index (χ1v) is 10.9.